The van der Waals surface area contributed by atoms with Gasteiger partial charge in [-0.05, 0) is 19.5 Å². The second kappa shape index (κ2) is 8.86. The van der Waals surface area contributed by atoms with Gasteiger partial charge in [-0.1, -0.05) is 30.3 Å². The van der Waals surface area contributed by atoms with Crippen LogP contribution in [0.25, 0.3) is 0 Å². The van der Waals surface area contributed by atoms with Gasteiger partial charge in [-0.25, -0.2) is 4.79 Å². The van der Waals surface area contributed by atoms with E-state index in [1.165, 1.54) is 0 Å². The van der Waals surface area contributed by atoms with Crippen LogP contribution in [-0.2, 0) is 0 Å². The Hall–Kier alpha value is -1.63. The Labute approximate surface area is 138 Å². The lowest BCUT2D eigenvalue weighted by atomic mass is 10.1. The van der Waals surface area contributed by atoms with E-state index in [2.05, 4.69) is 27.5 Å². The first-order valence-electron chi connectivity index (χ1n) is 8.22. The summed E-state index contributed by atoms with van der Waals surface area (Å²) in [6, 6.07) is 8.94. The third kappa shape index (κ3) is 5.82. The molecule has 128 valence electrons. The molecule has 0 bridgehead atoms. The zero-order valence-electron chi connectivity index (χ0n) is 14.0. The molecule has 0 radical (unpaired) electrons. The molecule has 0 saturated carbocycles. The molecule has 2 amide bonds. The number of urea groups is 1. The lowest BCUT2D eigenvalue weighted by Gasteiger charge is -2.34. The van der Waals surface area contributed by atoms with E-state index in [1.807, 2.05) is 37.3 Å². The number of nitrogens with one attached hydrogen (secondary N) is 2. The van der Waals surface area contributed by atoms with Crippen LogP contribution in [-0.4, -0.2) is 73.4 Å². The van der Waals surface area contributed by atoms with E-state index in [0.717, 1.165) is 38.3 Å². The van der Waals surface area contributed by atoms with E-state index in [-0.39, 0.29) is 24.7 Å². The van der Waals surface area contributed by atoms with Crippen LogP contribution in [0.4, 0.5) is 4.79 Å². The lowest BCUT2D eigenvalue weighted by Crippen LogP contribution is -2.51. The third-order valence-electron chi connectivity index (χ3n) is 4.20. The number of aliphatic hydroxyl groups is 1. The van der Waals surface area contributed by atoms with E-state index < -0.39 is 0 Å². The number of piperazine rings is 1. The maximum absolute atomic E-state index is 12.1. The molecule has 2 unspecified atom stereocenters. The second-order valence-corrected chi connectivity index (χ2v) is 6.27. The van der Waals surface area contributed by atoms with Gasteiger partial charge in [0.15, 0.2) is 0 Å². The van der Waals surface area contributed by atoms with E-state index in [0.29, 0.717) is 0 Å². The Morgan fingerprint density at radius 1 is 1.17 bits per heavy atom. The van der Waals surface area contributed by atoms with Crippen molar-refractivity contribution in [3.05, 3.63) is 35.9 Å². The molecule has 1 fully saturated rings. The summed E-state index contributed by atoms with van der Waals surface area (Å²) < 4.78 is 0. The van der Waals surface area contributed by atoms with E-state index in [9.17, 15) is 9.90 Å². The maximum Gasteiger partial charge on any atom is 0.315 e. The molecule has 1 saturated heterocycles. The molecular formula is C17H28N4O2. The van der Waals surface area contributed by atoms with Gasteiger partial charge >= 0.3 is 6.03 Å². The fraction of sp³-hybridized carbons (Fsp3) is 0.588. The SMILES string of the molecule is CC(CN1CCN(C)CC1)NC(=O)NC(CO)c1ccccc1. The van der Waals surface area contributed by atoms with Crippen molar-refractivity contribution in [3.8, 4) is 0 Å². The molecular weight excluding hydrogens is 292 g/mol. The normalized spacial score (nSPS) is 19.1. The number of amides is 2. The van der Waals surface area contributed by atoms with Crippen molar-refractivity contribution in [2.45, 2.75) is 19.0 Å². The van der Waals surface area contributed by atoms with Gasteiger partial charge in [-0.2, -0.15) is 0 Å². The summed E-state index contributed by atoms with van der Waals surface area (Å²) >= 11 is 0. The van der Waals surface area contributed by atoms with Crippen molar-refractivity contribution in [1.29, 1.82) is 0 Å². The molecule has 1 aliphatic heterocycles. The molecule has 1 aromatic rings. The largest absolute Gasteiger partial charge is 0.394 e. The van der Waals surface area contributed by atoms with Crippen LogP contribution in [0.15, 0.2) is 30.3 Å². The molecule has 1 heterocycles. The Morgan fingerprint density at radius 2 is 1.83 bits per heavy atom. The van der Waals surface area contributed by atoms with E-state index in [1.54, 1.807) is 0 Å². The second-order valence-electron chi connectivity index (χ2n) is 6.27. The Bertz CT molecular complexity index is 475. The summed E-state index contributed by atoms with van der Waals surface area (Å²) in [4.78, 5) is 16.8. The average Bonchev–Trinajstić information content (AvgIpc) is 2.55. The number of nitrogens with zero attached hydrogens (tertiary/aromatic N) is 2. The fourth-order valence-corrected chi connectivity index (χ4v) is 2.81. The highest BCUT2D eigenvalue weighted by molar-refractivity contribution is 5.74. The van der Waals surface area contributed by atoms with E-state index in [4.69, 9.17) is 0 Å². The number of benzene rings is 1. The smallest absolute Gasteiger partial charge is 0.315 e. The van der Waals surface area contributed by atoms with Crippen LogP contribution in [0.1, 0.15) is 18.5 Å². The summed E-state index contributed by atoms with van der Waals surface area (Å²) in [5.41, 5.74) is 0.900. The molecule has 23 heavy (non-hydrogen) atoms. The predicted octanol–water partition coefficient (Wildman–Crippen LogP) is 0.655. The molecule has 0 spiro atoms. The molecule has 2 rings (SSSR count). The number of aliphatic hydroxyl groups excluding tert-OH is 1. The molecule has 1 aliphatic rings. The molecule has 3 N–H and O–H groups in total. The minimum Gasteiger partial charge on any atom is -0.394 e. The molecule has 0 aliphatic carbocycles. The third-order valence-corrected chi connectivity index (χ3v) is 4.20. The first kappa shape index (κ1) is 17.7. The van der Waals surface area contributed by atoms with Gasteiger partial charge < -0.3 is 20.6 Å². The van der Waals surface area contributed by atoms with Gasteiger partial charge in [-0.3, -0.25) is 4.90 Å². The van der Waals surface area contributed by atoms with Crippen LogP contribution in [0.2, 0.25) is 0 Å². The van der Waals surface area contributed by atoms with E-state index >= 15 is 0 Å². The van der Waals surface area contributed by atoms with Crippen molar-refractivity contribution < 1.29 is 9.90 Å². The highest BCUT2D eigenvalue weighted by Gasteiger charge is 2.18. The summed E-state index contributed by atoms with van der Waals surface area (Å²) in [5, 5.41) is 15.3. The van der Waals surface area contributed by atoms with Crippen LogP contribution in [0.3, 0.4) is 0 Å². The Balaban J connectivity index is 1.77. The summed E-state index contributed by atoms with van der Waals surface area (Å²) in [7, 11) is 2.13. The minimum absolute atomic E-state index is 0.0634. The topological polar surface area (TPSA) is 67.8 Å². The zero-order valence-corrected chi connectivity index (χ0v) is 14.0. The van der Waals surface area contributed by atoms with Crippen molar-refractivity contribution in [2.24, 2.45) is 0 Å². The minimum atomic E-state index is -0.382. The molecule has 2 atom stereocenters. The van der Waals surface area contributed by atoms with Crippen LogP contribution in [0, 0.1) is 0 Å². The number of hydrogen-bond acceptors (Lipinski definition) is 4. The molecule has 6 heteroatoms. The first-order valence-corrected chi connectivity index (χ1v) is 8.22. The van der Waals surface area contributed by atoms with Crippen molar-refractivity contribution in [2.75, 3.05) is 46.4 Å². The van der Waals surface area contributed by atoms with Gasteiger partial charge in [0.2, 0.25) is 0 Å². The Kier molecular flexibility index (Phi) is 6.83. The summed E-state index contributed by atoms with van der Waals surface area (Å²) in [6.45, 7) is 6.94. The number of likely N-dealkylation sites (N-methyl/N-ethyl adjacent to an activating group) is 1. The van der Waals surface area contributed by atoms with Crippen LogP contribution < -0.4 is 10.6 Å². The van der Waals surface area contributed by atoms with Gasteiger partial charge in [0, 0.05) is 38.8 Å². The lowest BCUT2D eigenvalue weighted by molar-refractivity contribution is 0.144. The van der Waals surface area contributed by atoms with Crippen molar-refractivity contribution in [3.63, 3.8) is 0 Å². The fourth-order valence-electron chi connectivity index (χ4n) is 2.81. The van der Waals surface area contributed by atoms with Gasteiger partial charge in [0.05, 0.1) is 12.6 Å². The number of carbonyl (C=O) groups excluding carboxylic acids is 1. The molecule has 0 aromatic heterocycles. The van der Waals surface area contributed by atoms with Crippen LogP contribution >= 0.6 is 0 Å². The molecule has 6 nitrogen and oxygen atoms in total. The van der Waals surface area contributed by atoms with Gasteiger partial charge in [0.1, 0.15) is 0 Å². The number of hydrogen-bond donors (Lipinski definition) is 3. The standard InChI is InChI=1S/C17H28N4O2/c1-14(12-21-10-8-20(2)9-11-21)18-17(23)19-16(13-22)15-6-4-3-5-7-15/h3-7,14,16,22H,8-13H2,1-2H3,(H2,18,19,23). The number of carbonyl (C=O) groups is 1. The maximum atomic E-state index is 12.1. The highest BCUT2D eigenvalue weighted by Crippen LogP contribution is 2.11. The summed E-state index contributed by atoms with van der Waals surface area (Å²) in [6.07, 6.45) is 0. The highest BCUT2D eigenvalue weighted by atomic mass is 16.3. The molecule has 1 aromatic carbocycles. The van der Waals surface area contributed by atoms with Gasteiger partial charge in [0.25, 0.3) is 0 Å². The van der Waals surface area contributed by atoms with Crippen molar-refractivity contribution >= 4 is 6.03 Å². The quantitative estimate of drug-likeness (QED) is 0.720. The predicted molar refractivity (Wildman–Crippen MR) is 91.3 cm³/mol. The zero-order chi connectivity index (χ0) is 16.7. The Morgan fingerprint density at radius 3 is 2.43 bits per heavy atom. The monoisotopic (exact) mass is 320 g/mol. The summed E-state index contributed by atoms with van der Waals surface area (Å²) in [5.74, 6) is 0. The van der Waals surface area contributed by atoms with Crippen LogP contribution in [0.5, 0.6) is 0 Å². The average molecular weight is 320 g/mol. The first-order chi connectivity index (χ1) is 11.1. The number of rotatable bonds is 6. The van der Waals surface area contributed by atoms with Gasteiger partial charge in [-0.15, -0.1) is 0 Å². The van der Waals surface area contributed by atoms with Crippen molar-refractivity contribution in [1.82, 2.24) is 20.4 Å².